The summed E-state index contributed by atoms with van der Waals surface area (Å²) in [5.74, 6) is 0. The van der Waals surface area contributed by atoms with Crippen molar-refractivity contribution >= 4 is 11.3 Å². The van der Waals surface area contributed by atoms with E-state index >= 15 is 0 Å². The van der Waals surface area contributed by atoms with Crippen LogP contribution in [-0.2, 0) is 0 Å². The summed E-state index contributed by atoms with van der Waals surface area (Å²) in [6.07, 6.45) is 3.11. The molecule has 0 aliphatic heterocycles. The molecule has 2 rings (SSSR count). The van der Waals surface area contributed by atoms with Gasteiger partial charge in [0.25, 0.3) is 0 Å². The predicted octanol–water partition coefficient (Wildman–Crippen LogP) is 2.47. The summed E-state index contributed by atoms with van der Waals surface area (Å²) in [5.41, 5.74) is 0. The standard InChI is InChI=1S/C4H5NO.C4H4S/c6-5-3-1-2-4-5;1-2-4-5-3-1/h1-4,6H;1-4H. The fourth-order valence-corrected chi connectivity index (χ4v) is 1.01. The summed E-state index contributed by atoms with van der Waals surface area (Å²) in [7, 11) is 0. The van der Waals surface area contributed by atoms with Gasteiger partial charge in [0.2, 0.25) is 0 Å². The molecule has 0 amide bonds. The Hall–Kier alpha value is -1.22. The zero-order valence-electron chi connectivity index (χ0n) is 5.92. The number of hydrogen-bond donors (Lipinski definition) is 1. The molecular formula is C8H9NOS. The molecular weight excluding hydrogens is 158 g/mol. The minimum absolute atomic E-state index is 1.00. The highest BCUT2D eigenvalue weighted by atomic mass is 32.1. The average molecular weight is 167 g/mol. The summed E-state index contributed by atoms with van der Waals surface area (Å²) in [4.78, 5) is 0. The van der Waals surface area contributed by atoms with Crippen LogP contribution in [0, 0.1) is 0 Å². The van der Waals surface area contributed by atoms with Crippen molar-refractivity contribution in [1.82, 2.24) is 4.73 Å². The van der Waals surface area contributed by atoms with Gasteiger partial charge in [-0.15, -0.1) is 0 Å². The maximum Gasteiger partial charge on any atom is 0.0432 e. The van der Waals surface area contributed by atoms with Gasteiger partial charge < -0.3 is 5.21 Å². The van der Waals surface area contributed by atoms with Crippen LogP contribution in [0.1, 0.15) is 0 Å². The van der Waals surface area contributed by atoms with Crippen LogP contribution in [-0.4, -0.2) is 9.94 Å². The first-order valence-corrected chi connectivity index (χ1v) is 4.13. The smallest absolute Gasteiger partial charge is 0.0432 e. The average Bonchev–Trinajstić information content (AvgIpc) is 2.57. The highest BCUT2D eigenvalue weighted by Crippen LogP contribution is 1.91. The van der Waals surface area contributed by atoms with Gasteiger partial charge >= 0.3 is 0 Å². The van der Waals surface area contributed by atoms with Crippen molar-refractivity contribution in [3.8, 4) is 0 Å². The lowest BCUT2D eigenvalue weighted by atomic mass is 10.7. The van der Waals surface area contributed by atoms with Gasteiger partial charge in [0.15, 0.2) is 0 Å². The molecule has 0 aromatic carbocycles. The van der Waals surface area contributed by atoms with Crippen molar-refractivity contribution in [2.45, 2.75) is 0 Å². The molecule has 3 heteroatoms. The Morgan fingerprint density at radius 2 is 1.45 bits per heavy atom. The van der Waals surface area contributed by atoms with Crippen molar-refractivity contribution in [1.29, 1.82) is 0 Å². The molecule has 2 aromatic rings. The van der Waals surface area contributed by atoms with Crippen LogP contribution < -0.4 is 0 Å². The molecule has 11 heavy (non-hydrogen) atoms. The van der Waals surface area contributed by atoms with Crippen LogP contribution in [0.4, 0.5) is 0 Å². The topological polar surface area (TPSA) is 25.2 Å². The lowest BCUT2D eigenvalue weighted by molar-refractivity contribution is 0.187. The highest BCUT2D eigenvalue weighted by molar-refractivity contribution is 7.07. The maximum atomic E-state index is 8.39. The van der Waals surface area contributed by atoms with E-state index in [1.165, 1.54) is 0 Å². The Bertz CT molecular complexity index is 232. The summed E-state index contributed by atoms with van der Waals surface area (Å²) in [6.45, 7) is 0. The minimum atomic E-state index is 1.00. The molecule has 0 spiro atoms. The van der Waals surface area contributed by atoms with Gasteiger partial charge in [-0.2, -0.15) is 11.3 Å². The SMILES string of the molecule is On1cccc1.c1ccsc1. The number of aromatic nitrogens is 1. The van der Waals surface area contributed by atoms with E-state index in [-0.39, 0.29) is 0 Å². The van der Waals surface area contributed by atoms with Gasteiger partial charge in [0, 0.05) is 12.4 Å². The van der Waals surface area contributed by atoms with Crippen LogP contribution in [0.25, 0.3) is 0 Å². The van der Waals surface area contributed by atoms with E-state index in [0.29, 0.717) is 0 Å². The minimum Gasteiger partial charge on any atom is -0.429 e. The largest absolute Gasteiger partial charge is 0.429 e. The quantitative estimate of drug-likeness (QED) is 0.599. The molecule has 58 valence electrons. The van der Waals surface area contributed by atoms with Crippen LogP contribution in [0.15, 0.2) is 47.4 Å². The molecule has 1 N–H and O–H groups in total. The molecule has 0 radical (unpaired) electrons. The third kappa shape index (κ3) is 3.47. The Balaban J connectivity index is 0.000000112. The van der Waals surface area contributed by atoms with Crippen molar-refractivity contribution in [2.75, 3.05) is 0 Å². The van der Waals surface area contributed by atoms with Crippen molar-refractivity contribution < 1.29 is 5.21 Å². The lowest BCUT2D eigenvalue weighted by Crippen LogP contribution is -1.78. The van der Waals surface area contributed by atoms with E-state index in [1.807, 2.05) is 22.9 Å². The van der Waals surface area contributed by atoms with E-state index in [0.717, 1.165) is 4.73 Å². The van der Waals surface area contributed by atoms with E-state index in [4.69, 9.17) is 5.21 Å². The third-order valence-corrected chi connectivity index (χ3v) is 1.64. The fourth-order valence-electron chi connectivity index (χ4n) is 0.552. The highest BCUT2D eigenvalue weighted by Gasteiger charge is 1.70. The molecule has 0 saturated heterocycles. The van der Waals surface area contributed by atoms with Crippen molar-refractivity contribution in [3.05, 3.63) is 47.4 Å². The van der Waals surface area contributed by atoms with Crippen LogP contribution in [0.3, 0.4) is 0 Å². The number of nitrogens with zero attached hydrogens (tertiary/aromatic N) is 1. The predicted molar refractivity (Wildman–Crippen MR) is 45.9 cm³/mol. The first-order valence-electron chi connectivity index (χ1n) is 3.19. The number of hydrogen-bond acceptors (Lipinski definition) is 2. The molecule has 0 atom stereocenters. The summed E-state index contributed by atoms with van der Waals surface area (Å²) in [5, 5.41) is 12.5. The molecule has 2 nitrogen and oxygen atoms in total. The van der Waals surface area contributed by atoms with Gasteiger partial charge in [0.05, 0.1) is 0 Å². The second-order valence-corrected chi connectivity index (χ2v) is 2.67. The van der Waals surface area contributed by atoms with Crippen molar-refractivity contribution in [2.24, 2.45) is 0 Å². The van der Waals surface area contributed by atoms with E-state index < -0.39 is 0 Å². The molecule has 0 unspecified atom stereocenters. The Labute approximate surface area is 69.3 Å². The summed E-state index contributed by atoms with van der Waals surface area (Å²) < 4.78 is 1.00. The fraction of sp³-hybridized carbons (Fsp3) is 0. The molecule has 2 aromatic heterocycles. The maximum absolute atomic E-state index is 8.39. The first kappa shape index (κ1) is 7.88. The first-order chi connectivity index (χ1) is 5.39. The van der Waals surface area contributed by atoms with Gasteiger partial charge in [-0.3, -0.25) is 0 Å². The molecule has 0 aliphatic rings. The van der Waals surface area contributed by atoms with Crippen LogP contribution in [0.2, 0.25) is 0 Å². The number of thiophene rings is 1. The summed E-state index contributed by atoms with van der Waals surface area (Å²) >= 11 is 1.71. The van der Waals surface area contributed by atoms with E-state index in [9.17, 15) is 0 Å². The van der Waals surface area contributed by atoms with Crippen LogP contribution >= 0.6 is 11.3 Å². The van der Waals surface area contributed by atoms with E-state index in [1.54, 1.807) is 35.9 Å². The number of rotatable bonds is 0. The molecule has 0 saturated carbocycles. The van der Waals surface area contributed by atoms with Gasteiger partial charge in [-0.1, -0.05) is 12.1 Å². The molecule has 0 fully saturated rings. The Morgan fingerprint density at radius 3 is 1.64 bits per heavy atom. The van der Waals surface area contributed by atoms with E-state index in [2.05, 4.69) is 0 Å². The second-order valence-electron chi connectivity index (χ2n) is 1.86. The second kappa shape index (κ2) is 4.57. The third-order valence-electron chi connectivity index (χ3n) is 1.01. The van der Waals surface area contributed by atoms with Crippen molar-refractivity contribution in [3.63, 3.8) is 0 Å². The van der Waals surface area contributed by atoms with Gasteiger partial charge in [-0.25, -0.2) is 4.73 Å². The monoisotopic (exact) mass is 167 g/mol. The van der Waals surface area contributed by atoms with Crippen LogP contribution in [0.5, 0.6) is 0 Å². The normalized spacial score (nSPS) is 8.36. The Kier molecular flexibility index (Phi) is 3.28. The van der Waals surface area contributed by atoms with Gasteiger partial charge in [0.1, 0.15) is 0 Å². The summed E-state index contributed by atoms with van der Waals surface area (Å²) in [6, 6.07) is 7.54. The Morgan fingerprint density at radius 1 is 0.909 bits per heavy atom. The molecule has 2 heterocycles. The van der Waals surface area contributed by atoms with Gasteiger partial charge in [-0.05, 0) is 22.9 Å². The molecule has 0 bridgehead atoms. The zero-order chi connectivity index (χ0) is 7.94. The lowest BCUT2D eigenvalue weighted by Gasteiger charge is -1.79. The zero-order valence-corrected chi connectivity index (χ0v) is 6.74. The molecule has 0 aliphatic carbocycles.